The average molecular weight is 279 g/mol. The minimum Gasteiger partial charge on any atom is -0.341 e. The van der Waals surface area contributed by atoms with Crippen LogP contribution in [0.3, 0.4) is 0 Å². The SMILES string of the molecule is CCC(NS(C)(=O)=O)c1ncc(-c2ccccc2)[nH]1. The van der Waals surface area contributed by atoms with Crippen LogP contribution in [0.2, 0.25) is 0 Å². The van der Waals surface area contributed by atoms with Crippen molar-refractivity contribution < 1.29 is 8.42 Å². The zero-order valence-corrected chi connectivity index (χ0v) is 11.7. The van der Waals surface area contributed by atoms with Gasteiger partial charge in [0, 0.05) is 0 Å². The van der Waals surface area contributed by atoms with E-state index in [0.717, 1.165) is 17.5 Å². The first-order valence-corrected chi connectivity index (χ1v) is 7.96. The molecule has 1 aromatic carbocycles. The second kappa shape index (κ2) is 5.54. The minimum atomic E-state index is -3.25. The average Bonchev–Trinajstić information content (AvgIpc) is 2.85. The number of sulfonamides is 1. The van der Waals surface area contributed by atoms with Crippen molar-refractivity contribution in [1.29, 1.82) is 0 Å². The van der Waals surface area contributed by atoms with Crippen molar-refractivity contribution in [2.75, 3.05) is 6.26 Å². The number of H-pyrrole nitrogens is 1. The molecule has 1 heterocycles. The molecule has 1 unspecified atom stereocenters. The predicted molar refractivity (Wildman–Crippen MR) is 75.0 cm³/mol. The molecule has 5 nitrogen and oxygen atoms in total. The molecule has 0 saturated heterocycles. The molecule has 0 aliphatic carbocycles. The van der Waals surface area contributed by atoms with Crippen LogP contribution < -0.4 is 4.72 Å². The maximum atomic E-state index is 11.3. The van der Waals surface area contributed by atoms with Crippen molar-refractivity contribution in [2.24, 2.45) is 0 Å². The van der Waals surface area contributed by atoms with Crippen LogP contribution in [0.5, 0.6) is 0 Å². The zero-order chi connectivity index (χ0) is 13.9. The van der Waals surface area contributed by atoms with Gasteiger partial charge in [-0.2, -0.15) is 0 Å². The fraction of sp³-hybridized carbons (Fsp3) is 0.308. The first-order valence-electron chi connectivity index (χ1n) is 6.07. The summed E-state index contributed by atoms with van der Waals surface area (Å²) >= 11 is 0. The molecule has 0 radical (unpaired) electrons. The molecule has 0 bridgehead atoms. The molecule has 6 heteroatoms. The van der Waals surface area contributed by atoms with Crippen LogP contribution in [-0.4, -0.2) is 24.6 Å². The number of aromatic nitrogens is 2. The highest BCUT2D eigenvalue weighted by atomic mass is 32.2. The third-order valence-electron chi connectivity index (χ3n) is 2.77. The second-order valence-corrected chi connectivity index (χ2v) is 6.18. The van der Waals surface area contributed by atoms with Gasteiger partial charge < -0.3 is 4.98 Å². The van der Waals surface area contributed by atoms with E-state index in [0.29, 0.717) is 12.2 Å². The van der Waals surface area contributed by atoms with Gasteiger partial charge in [0.15, 0.2) is 0 Å². The van der Waals surface area contributed by atoms with Crippen molar-refractivity contribution in [1.82, 2.24) is 14.7 Å². The monoisotopic (exact) mass is 279 g/mol. The lowest BCUT2D eigenvalue weighted by Gasteiger charge is -2.12. The number of imidazole rings is 1. The minimum absolute atomic E-state index is 0.326. The van der Waals surface area contributed by atoms with Crippen molar-refractivity contribution in [3.8, 4) is 11.3 Å². The summed E-state index contributed by atoms with van der Waals surface area (Å²) in [6, 6.07) is 9.46. The summed E-state index contributed by atoms with van der Waals surface area (Å²) in [5.41, 5.74) is 1.90. The van der Waals surface area contributed by atoms with Gasteiger partial charge in [0.1, 0.15) is 5.82 Å². The van der Waals surface area contributed by atoms with E-state index in [1.165, 1.54) is 0 Å². The van der Waals surface area contributed by atoms with Gasteiger partial charge >= 0.3 is 0 Å². The first-order chi connectivity index (χ1) is 8.99. The second-order valence-electron chi connectivity index (χ2n) is 4.40. The van der Waals surface area contributed by atoms with E-state index in [2.05, 4.69) is 14.7 Å². The van der Waals surface area contributed by atoms with Crippen LogP contribution in [0.1, 0.15) is 25.2 Å². The van der Waals surface area contributed by atoms with E-state index in [1.54, 1.807) is 6.20 Å². The van der Waals surface area contributed by atoms with Gasteiger partial charge in [0.25, 0.3) is 0 Å². The maximum Gasteiger partial charge on any atom is 0.209 e. The molecule has 0 amide bonds. The van der Waals surface area contributed by atoms with Gasteiger partial charge in [-0.05, 0) is 12.0 Å². The summed E-state index contributed by atoms with van der Waals surface area (Å²) in [7, 11) is -3.25. The molecule has 0 aliphatic heterocycles. The maximum absolute atomic E-state index is 11.3. The van der Waals surface area contributed by atoms with Gasteiger partial charge in [-0.3, -0.25) is 0 Å². The van der Waals surface area contributed by atoms with Crippen LogP contribution in [0.4, 0.5) is 0 Å². The van der Waals surface area contributed by atoms with E-state index < -0.39 is 10.0 Å². The molecule has 102 valence electrons. The van der Waals surface area contributed by atoms with Crippen molar-refractivity contribution in [3.05, 3.63) is 42.4 Å². The molecule has 2 rings (SSSR count). The normalized spacial score (nSPS) is 13.4. The van der Waals surface area contributed by atoms with Crippen molar-refractivity contribution in [3.63, 3.8) is 0 Å². The van der Waals surface area contributed by atoms with Gasteiger partial charge in [0.05, 0.1) is 24.2 Å². The molecular weight excluding hydrogens is 262 g/mol. The Hall–Kier alpha value is -1.66. The molecule has 19 heavy (non-hydrogen) atoms. The van der Waals surface area contributed by atoms with Gasteiger partial charge in [0.2, 0.25) is 10.0 Å². The highest BCUT2D eigenvalue weighted by molar-refractivity contribution is 7.88. The predicted octanol–water partition coefficient (Wildman–Crippen LogP) is 2.08. The number of nitrogens with zero attached hydrogens (tertiary/aromatic N) is 1. The highest BCUT2D eigenvalue weighted by Crippen LogP contribution is 2.20. The van der Waals surface area contributed by atoms with E-state index in [-0.39, 0.29) is 6.04 Å². The van der Waals surface area contributed by atoms with Crippen molar-refractivity contribution >= 4 is 10.0 Å². The Balaban J connectivity index is 2.25. The third kappa shape index (κ3) is 3.65. The first kappa shape index (κ1) is 13.8. The van der Waals surface area contributed by atoms with Gasteiger partial charge in [-0.1, -0.05) is 37.3 Å². The summed E-state index contributed by atoms with van der Waals surface area (Å²) in [5.74, 6) is 0.631. The summed E-state index contributed by atoms with van der Waals surface area (Å²) in [5, 5.41) is 0. The van der Waals surface area contributed by atoms with Crippen LogP contribution in [0.25, 0.3) is 11.3 Å². The van der Waals surface area contributed by atoms with E-state index in [4.69, 9.17) is 0 Å². The number of nitrogens with one attached hydrogen (secondary N) is 2. The number of hydrogen-bond donors (Lipinski definition) is 2. The van der Waals surface area contributed by atoms with E-state index in [9.17, 15) is 8.42 Å². The standard InChI is InChI=1S/C13H17N3O2S/c1-3-11(16-19(2,17)18)13-14-9-12(15-13)10-7-5-4-6-8-10/h4-9,11,16H,3H2,1-2H3,(H,14,15). The molecule has 0 fully saturated rings. The summed E-state index contributed by atoms with van der Waals surface area (Å²) in [6.45, 7) is 1.91. The lowest BCUT2D eigenvalue weighted by molar-refractivity contribution is 0.544. The Morgan fingerprint density at radius 1 is 1.32 bits per heavy atom. The number of hydrogen-bond acceptors (Lipinski definition) is 3. The molecule has 2 N–H and O–H groups in total. The molecule has 0 aliphatic rings. The number of benzene rings is 1. The lowest BCUT2D eigenvalue weighted by atomic mass is 10.2. The van der Waals surface area contributed by atoms with Crippen molar-refractivity contribution in [2.45, 2.75) is 19.4 Å². The smallest absolute Gasteiger partial charge is 0.209 e. The molecule has 0 spiro atoms. The quantitative estimate of drug-likeness (QED) is 0.880. The van der Waals surface area contributed by atoms with Gasteiger partial charge in [-0.25, -0.2) is 18.1 Å². The van der Waals surface area contributed by atoms with Crippen LogP contribution >= 0.6 is 0 Å². The Labute approximate surface area is 113 Å². The molecule has 1 aromatic heterocycles. The van der Waals surface area contributed by atoms with Crippen LogP contribution in [0.15, 0.2) is 36.5 Å². The highest BCUT2D eigenvalue weighted by Gasteiger charge is 2.17. The molecule has 0 saturated carbocycles. The molecular formula is C13H17N3O2S. The Bertz CT molecular complexity index is 635. The number of aromatic amines is 1. The van der Waals surface area contributed by atoms with E-state index >= 15 is 0 Å². The summed E-state index contributed by atoms with van der Waals surface area (Å²) in [4.78, 5) is 7.43. The molecule has 1 atom stereocenters. The summed E-state index contributed by atoms with van der Waals surface area (Å²) in [6.07, 6.45) is 3.50. The lowest BCUT2D eigenvalue weighted by Crippen LogP contribution is -2.27. The van der Waals surface area contributed by atoms with Crippen LogP contribution in [0, 0.1) is 0 Å². The Morgan fingerprint density at radius 2 is 2.00 bits per heavy atom. The number of rotatable bonds is 5. The molecule has 2 aromatic rings. The van der Waals surface area contributed by atoms with Gasteiger partial charge in [-0.15, -0.1) is 0 Å². The third-order valence-corrected chi connectivity index (χ3v) is 3.49. The fourth-order valence-corrected chi connectivity index (χ4v) is 2.66. The summed E-state index contributed by atoms with van der Waals surface area (Å²) < 4.78 is 25.2. The Kier molecular flexibility index (Phi) is 4.01. The van der Waals surface area contributed by atoms with E-state index in [1.807, 2.05) is 37.3 Å². The Morgan fingerprint density at radius 3 is 2.58 bits per heavy atom. The largest absolute Gasteiger partial charge is 0.341 e. The van der Waals surface area contributed by atoms with Crippen LogP contribution in [-0.2, 0) is 10.0 Å². The fourth-order valence-electron chi connectivity index (χ4n) is 1.87. The zero-order valence-electron chi connectivity index (χ0n) is 10.9. The topological polar surface area (TPSA) is 74.8 Å².